The molecule has 1 aliphatic heterocycles. The van der Waals surface area contributed by atoms with Crippen LogP contribution in [0.1, 0.15) is 0 Å². The summed E-state index contributed by atoms with van der Waals surface area (Å²) in [4.78, 5) is 10.2. The molecule has 0 aliphatic carbocycles. The fraction of sp³-hybridized carbons (Fsp3) is 0.286. The van der Waals surface area contributed by atoms with Crippen LogP contribution >= 0.6 is 0 Å². The fourth-order valence-electron chi connectivity index (χ4n) is 0.823. The van der Waals surface area contributed by atoms with Crippen molar-refractivity contribution in [1.82, 2.24) is 5.32 Å². The van der Waals surface area contributed by atoms with E-state index in [1.54, 1.807) is 0 Å². The zero-order valence-corrected chi connectivity index (χ0v) is 13.0. The van der Waals surface area contributed by atoms with Crippen LogP contribution in [0.4, 0.5) is 0 Å². The van der Waals surface area contributed by atoms with Crippen LogP contribution in [0.5, 0.6) is 0 Å². The van der Waals surface area contributed by atoms with E-state index in [-0.39, 0.29) is 90.6 Å². The second-order valence-electron chi connectivity index (χ2n) is 2.34. The van der Waals surface area contributed by atoms with E-state index in [0.717, 1.165) is 0 Å². The van der Waals surface area contributed by atoms with E-state index < -0.39 is 12.3 Å². The summed E-state index contributed by atoms with van der Waals surface area (Å²) in [6.07, 6.45) is 1.02. The van der Waals surface area contributed by atoms with Gasteiger partial charge in [-0.05, 0) is 6.08 Å². The van der Waals surface area contributed by atoms with Crippen molar-refractivity contribution in [3.8, 4) is 0 Å². The molecule has 13 heteroatoms. The molecule has 1 aliphatic rings. The summed E-state index contributed by atoms with van der Waals surface area (Å²) in [6.45, 7) is 0.109. The number of carboxylic acid groups (broad SMARTS) is 1. The van der Waals surface area contributed by atoms with Gasteiger partial charge in [-0.15, -0.1) is 0 Å². The molecule has 0 bridgehead atoms. The molecular weight excluding hydrogens is 417 g/mol. The summed E-state index contributed by atoms with van der Waals surface area (Å²) in [7, 11) is 0. The molecule has 0 saturated carbocycles. The van der Waals surface area contributed by atoms with Gasteiger partial charge in [0.2, 0.25) is 0 Å². The number of allylic oxidation sites excluding steroid dienone is 2. The van der Waals surface area contributed by atoms with Gasteiger partial charge in [0, 0.05) is 62.5 Å². The number of rotatable bonds is 2. The Balaban J connectivity index is -0.0000000300. The average molecular weight is 437 g/mol. The van der Waals surface area contributed by atoms with Crippen molar-refractivity contribution in [1.29, 1.82) is 0 Å². The first-order valence-electron chi connectivity index (χ1n) is 3.33. The second-order valence-corrected chi connectivity index (χ2v) is 2.34. The number of nitrogens with one attached hydrogen (secondary N) is 1. The van der Waals surface area contributed by atoms with Crippen molar-refractivity contribution in [2.45, 2.75) is 6.29 Å². The Morgan fingerprint density at radius 2 is 1.55 bits per heavy atom. The Morgan fingerprint density at radius 3 is 1.75 bits per heavy atom. The number of aliphatic hydroxyl groups is 2. The minimum Gasteiger partial charge on any atom is -0.693 e. The summed E-state index contributed by atoms with van der Waals surface area (Å²) >= 11 is 0. The summed E-state index contributed by atoms with van der Waals surface area (Å²) in [5, 5.41) is 30.0. The summed E-state index contributed by atoms with van der Waals surface area (Å²) in [6, 6.07) is 0. The predicted molar refractivity (Wildman–Crippen MR) is 59.7 cm³/mol. The number of aliphatic hydroxyl groups excluding tert-OH is 1. The zero-order chi connectivity index (χ0) is 9.14. The number of dihydropyridines is 1. The minimum absolute atomic E-state index is 0. The van der Waals surface area contributed by atoms with Crippen LogP contribution in [-0.4, -0.2) is 40.0 Å². The maximum absolute atomic E-state index is 10.2. The van der Waals surface area contributed by atoms with Gasteiger partial charge in [0.15, 0.2) is 6.29 Å². The Kier molecular flexibility index (Phi) is 60.3. The molecule has 0 saturated heterocycles. The van der Waals surface area contributed by atoms with Gasteiger partial charge >= 0.3 is 0 Å². The first-order chi connectivity index (χ1) is 5.61. The van der Waals surface area contributed by atoms with Crippen molar-refractivity contribution in [2.75, 3.05) is 6.54 Å². The third-order valence-electron chi connectivity index (χ3n) is 1.50. The summed E-state index contributed by atoms with van der Waals surface area (Å²) in [5.41, 5.74) is 0.263. The van der Waals surface area contributed by atoms with E-state index in [4.69, 9.17) is 10.2 Å². The number of carbonyl (C=O) groups is 1. The molecule has 133 valence electrons. The van der Waals surface area contributed by atoms with E-state index in [1.807, 2.05) is 0 Å². The van der Waals surface area contributed by atoms with Crippen molar-refractivity contribution >= 4 is 5.97 Å². The van der Waals surface area contributed by atoms with E-state index in [0.29, 0.717) is 5.57 Å². The number of aliphatic carboxylic acids is 1. The average Bonchev–Trinajstić information content (AvgIpc) is 2.04. The van der Waals surface area contributed by atoms with Gasteiger partial charge in [-0.1, -0.05) is 6.08 Å². The topological polar surface area (TPSA) is 255 Å². The van der Waals surface area contributed by atoms with Crippen molar-refractivity contribution in [3.63, 3.8) is 0 Å². The standard InChI is InChI=1S/C7H9NO4.3Co.H2N.4H2O/c9-6(10)4-1-2-5(7(11)12)8-3-4;;;;;;;;/h1-2,6,8-10H,3H2,(H,11,12);;;;5*1H2/q;;;;-1;;;;/p+1. The van der Waals surface area contributed by atoms with Crippen LogP contribution in [0, 0.1) is 0 Å². The van der Waals surface area contributed by atoms with Gasteiger partial charge < -0.3 is 53.5 Å². The number of hydrogen-bond acceptors (Lipinski definition) is 5. The molecule has 10 nitrogen and oxygen atoms in total. The molecule has 0 unspecified atom stereocenters. The van der Waals surface area contributed by atoms with E-state index in [1.165, 1.54) is 12.2 Å². The normalized spacial score (nSPS) is 9.95. The largest absolute Gasteiger partial charge is 0.693 e. The first-order valence-corrected chi connectivity index (χ1v) is 3.33. The minimum atomic E-state index is -1.54. The Morgan fingerprint density at radius 1 is 1.15 bits per heavy atom. The molecule has 0 amide bonds. The molecule has 0 aromatic rings. The third-order valence-corrected chi connectivity index (χ3v) is 1.50. The zero-order valence-electron chi connectivity index (χ0n) is 9.88. The van der Waals surface area contributed by atoms with Gasteiger partial charge in [-0.2, -0.15) is 0 Å². The molecule has 3 radical (unpaired) electrons. The molecule has 15 N–H and O–H groups in total. The van der Waals surface area contributed by atoms with Gasteiger partial charge in [0.25, 0.3) is 0 Å². The Bertz CT molecular complexity index is 275. The molecule has 0 aromatic heterocycles. The van der Waals surface area contributed by atoms with Gasteiger partial charge in [-0.25, -0.2) is 0 Å². The van der Waals surface area contributed by atoms with Gasteiger partial charge in [-0.3, -0.25) is 0 Å². The van der Waals surface area contributed by atoms with E-state index in [9.17, 15) is 9.90 Å². The monoisotopic (exact) mass is 437 g/mol. The molecule has 20 heavy (non-hydrogen) atoms. The van der Waals surface area contributed by atoms with Crippen LogP contribution in [-0.2, 0) is 66.1 Å². The van der Waals surface area contributed by atoms with E-state index >= 15 is 0 Å². The number of hydrogen-bond donors (Lipinski definition) is 3. The second kappa shape index (κ2) is 24.0. The van der Waals surface area contributed by atoms with Crippen molar-refractivity contribution < 1.29 is 92.4 Å². The smallest absolute Gasteiger partial charge is 0.176 e. The summed E-state index contributed by atoms with van der Waals surface area (Å²) < 4.78 is 0. The maximum Gasteiger partial charge on any atom is 0.176 e. The van der Waals surface area contributed by atoms with Crippen LogP contribution in [0.2, 0.25) is 0 Å². The summed E-state index contributed by atoms with van der Waals surface area (Å²) in [5.74, 6) is -1.31. The SMILES string of the molecule is O.O.O=C([O-])C1=CC=C(C(O)O)CN1.[Co].[Co].[Co].[NH2-].[OH3+].[OH3+]. The van der Waals surface area contributed by atoms with Crippen LogP contribution in [0.15, 0.2) is 23.4 Å². The van der Waals surface area contributed by atoms with Crippen molar-refractivity contribution in [2.24, 2.45) is 0 Å². The molecule has 1 rings (SSSR count). The fourth-order valence-corrected chi connectivity index (χ4v) is 0.823. The molecule has 0 spiro atoms. The molecule has 0 aromatic carbocycles. The van der Waals surface area contributed by atoms with Crippen LogP contribution < -0.4 is 10.4 Å². The van der Waals surface area contributed by atoms with Gasteiger partial charge in [0.05, 0.1) is 11.7 Å². The van der Waals surface area contributed by atoms with Crippen LogP contribution in [0.3, 0.4) is 0 Å². The van der Waals surface area contributed by atoms with E-state index in [2.05, 4.69) is 5.32 Å². The van der Waals surface area contributed by atoms with Crippen molar-refractivity contribution in [3.05, 3.63) is 29.6 Å². The Labute approximate surface area is 146 Å². The number of nitrogens with two attached hydrogens (primary N) is 1. The molecular formula is C7H20Co3N2O8. The maximum atomic E-state index is 10.2. The molecule has 1 heterocycles. The quantitative estimate of drug-likeness (QED) is 0.282. The first kappa shape index (κ1) is 50.1. The van der Waals surface area contributed by atoms with Gasteiger partial charge in [0.1, 0.15) is 0 Å². The third kappa shape index (κ3) is 16.0. The Hall–Kier alpha value is -0.0105. The predicted octanol–water partition coefficient (Wildman–Crippen LogP) is -5.32. The molecule has 0 atom stereocenters. The number of carboxylic acids is 1. The molecule has 0 fully saturated rings. The van der Waals surface area contributed by atoms with Crippen LogP contribution in [0.25, 0.3) is 6.15 Å². The number of carbonyl (C=O) groups excluding carboxylic acids is 1.